The zero-order valence-electron chi connectivity index (χ0n) is 19.7. The van der Waals surface area contributed by atoms with E-state index in [2.05, 4.69) is 5.32 Å². The summed E-state index contributed by atoms with van der Waals surface area (Å²) in [6.45, 7) is 0. The van der Waals surface area contributed by atoms with Crippen LogP contribution in [0.2, 0.25) is 10.0 Å². The van der Waals surface area contributed by atoms with Gasteiger partial charge in [-0.05, 0) is 72.6 Å². The third-order valence-corrected chi connectivity index (χ3v) is 7.43. The number of carbonyl (C=O) groups is 2. The highest BCUT2D eigenvalue weighted by molar-refractivity contribution is 6.31. The number of ketones is 1. The summed E-state index contributed by atoms with van der Waals surface area (Å²) in [5.74, 6) is 0.416. The molecule has 1 amide bonds. The molecule has 0 saturated heterocycles. The van der Waals surface area contributed by atoms with Crippen molar-refractivity contribution in [1.29, 1.82) is 0 Å². The van der Waals surface area contributed by atoms with Gasteiger partial charge in [-0.3, -0.25) is 14.5 Å². The maximum absolute atomic E-state index is 14.2. The number of para-hydroxylation sites is 2. The van der Waals surface area contributed by atoms with Crippen molar-refractivity contribution >= 4 is 46.3 Å². The maximum Gasteiger partial charge on any atom is 0.259 e. The van der Waals surface area contributed by atoms with Gasteiger partial charge >= 0.3 is 0 Å². The van der Waals surface area contributed by atoms with Crippen molar-refractivity contribution in [2.75, 3.05) is 10.2 Å². The highest BCUT2D eigenvalue weighted by Gasteiger charge is 2.42. The molecule has 3 aromatic carbocycles. The molecule has 0 fully saturated rings. The predicted octanol–water partition coefficient (Wildman–Crippen LogP) is 7.80. The lowest BCUT2D eigenvalue weighted by atomic mass is 9.80. The lowest BCUT2D eigenvalue weighted by molar-refractivity contribution is -0.116. The summed E-state index contributed by atoms with van der Waals surface area (Å²) >= 11 is 12.3. The van der Waals surface area contributed by atoms with Crippen LogP contribution in [0.25, 0.3) is 0 Å². The van der Waals surface area contributed by atoms with E-state index in [1.54, 1.807) is 47.6 Å². The second-order valence-electron chi connectivity index (χ2n) is 9.21. The fourth-order valence-electron chi connectivity index (χ4n) is 5.23. The van der Waals surface area contributed by atoms with E-state index in [1.165, 1.54) is 0 Å². The number of hydrogen-bond donors (Lipinski definition) is 1. The van der Waals surface area contributed by atoms with Crippen LogP contribution in [0, 0.1) is 0 Å². The number of hydrogen-bond acceptors (Lipinski definition) is 4. The molecule has 1 N–H and O–H groups in total. The molecular weight excluding hydrogens is 507 g/mol. The standard InChI is InChI=1S/C30H22Cl2N2O3/c31-21-11-7-18(8-12-21)29-28-24(16-20(17-26(28)35)27-6-3-15-37-27)33-23-4-1-2-5-25(23)34(29)30(36)19-9-13-22(32)14-10-19/h1-15,20,29,33H,16-17H2/t20-,29+/m1/s1. The number of nitrogens with one attached hydrogen (secondary N) is 1. The van der Waals surface area contributed by atoms with Crippen LogP contribution < -0.4 is 10.2 Å². The minimum absolute atomic E-state index is 0.0307. The number of Topliss-reactive ketones (excluding diaryl/α,β-unsaturated/α-hetero) is 1. The van der Waals surface area contributed by atoms with Crippen LogP contribution in [0.4, 0.5) is 11.4 Å². The van der Waals surface area contributed by atoms with Gasteiger partial charge in [-0.1, -0.05) is 47.5 Å². The van der Waals surface area contributed by atoms with Gasteiger partial charge in [0.15, 0.2) is 5.78 Å². The van der Waals surface area contributed by atoms with E-state index in [4.69, 9.17) is 27.6 Å². The van der Waals surface area contributed by atoms with Crippen LogP contribution in [0.5, 0.6) is 0 Å². The van der Waals surface area contributed by atoms with Crippen molar-refractivity contribution in [2.45, 2.75) is 24.8 Å². The molecule has 0 spiro atoms. The largest absolute Gasteiger partial charge is 0.469 e. The number of rotatable bonds is 3. The molecule has 7 heteroatoms. The van der Waals surface area contributed by atoms with Crippen molar-refractivity contribution in [1.82, 2.24) is 0 Å². The number of furan rings is 1. The van der Waals surface area contributed by atoms with E-state index in [9.17, 15) is 9.59 Å². The smallest absolute Gasteiger partial charge is 0.259 e. The molecular formula is C30H22Cl2N2O3. The van der Waals surface area contributed by atoms with Crippen LogP contribution >= 0.6 is 23.2 Å². The summed E-state index contributed by atoms with van der Waals surface area (Å²) in [5, 5.41) is 4.64. The first-order valence-electron chi connectivity index (χ1n) is 12.0. The van der Waals surface area contributed by atoms with Gasteiger partial charge in [-0.25, -0.2) is 0 Å². The molecule has 1 aliphatic heterocycles. The second-order valence-corrected chi connectivity index (χ2v) is 10.1. The van der Waals surface area contributed by atoms with E-state index in [0.29, 0.717) is 33.3 Å². The van der Waals surface area contributed by atoms with Crippen LogP contribution in [0.15, 0.2) is 107 Å². The molecule has 0 saturated carbocycles. The third-order valence-electron chi connectivity index (χ3n) is 6.93. The summed E-state index contributed by atoms with van der Waals surface area (Å²) in [6, 6.07) is 24.8. The molecule has 184 valence electrons. The zero-order chi connectivity index (χ0) is 25.5. The molecule has 4 aromatic rings. The monoisotopic (exact) mass is 528 g/mol. The van der Waals surface area contributed by atoms with Crippen LogP contribution in [0.1, 0.15) is 46.5 Å². The van der Waals surface area contributed by atoms with Crippen molar-refractivity contribution in [3.05, 3.63) is 129 Å². The Labute approximate surface area is 224 Å². The van der Waals surface area contributed by atoms with E-state index >= 15 is 0 Å². The molecule has 0 unspecified atom stereocenters. The first-order chi connectivity index (χ1) is 18.0. The molecule has 2 aliphatic rings. The summed E-state index contributed by atoms with van der Waals surface area (Å²) < 4.78 is 5.66. The van der Waals surface area contributed by atoms with Crippen LogP contribution in [-0.4, -0.2) is 11.7 Å². The van der Waals surface area contributed by atoms with Gasteiger partial charge in [-0.2, -0.15) is 0 Å². The quantitative estimate of drug-likeness (QED) is 0.294. The summed E-state index contributed by atoms with van der Waals surface area (Å²) in [7, 11) is 0. The Kier molecular flexibility index (Phi) is 6.11. The minimum atomic E-state index is -0.656. The summed E-state index contributed by atoms with van der Waals surface area (Å²) in [5.41, 5.74) is 4.06. The highest BCUT2D eigenvalue weighted by atomic mass is 35.5. The molecule has 37 heavy (non-hydrogen) atoms. The summed E-state index contributed by atoms with van der Waals surface area (Å²) in [4.78, 5) is 29.8. The molecule has 2 atom stereocenters. The number of allylic oxidation sites excluding steroid dienone is 1. The van der Waals surface area contributed by atoms with E-state index in [0.717, 1.165) is 22.7 Å². The number of anilines is 2. The van der Waals surface area contributed by atoms with Gasteiger partial charge in [0, 0.05) is 39.2 Å². The average Bonchev–Trinajstić information content (AvgIpc) is 3.40. The second kappa shape index (κ2) is 9.58. The lowest BCUT2D eigenvalue weighted by Crippen LogP contribution is -2.38. The van der Waals surface area contributed by atoms with Gasteiger partial charge in [-0.15, -0.1) is 0 Å². The van der Waals surface area contributed by atoms with Crippen LogP contribution in [-0.2, 0) is 4.79 Å². The number of benzene rings is 3. The molecule has 0 bridgehead atoms. The van der Waals surface area contributed by atoms with Crippen LogP contribution in [0.3, 0.4) is 0 Å². The Morgan fingerprint density at radius 2 is 1.57 bits per heavy atom. The van der Waals surface area contributed by atoms with E-state index in [1.807, 2.05) is 48.5 Å². The normalized spacial score (nSPS) is 19.1. The fraction of sp³-hybridized carbons (Fsp3) is 0.133. The first-order valence-corrected chi connectivity index (χ1v) is 12.8. The minimum Gasteiger partial charge on any atom is -0.469 e. The lowest BCUT2D eigenvalue weighted by Gasteiger charge is -2.35. The van der Waals surface area contributed by atoms with E-state index in [-0.39, 0.29) is 24.0 Å². The van der Waals surface area contributed by atoms with Gasteiger partial charge in [0.25, 0.3) is 5.91 Å². The number of halogens is 2. The predicted molar refractivity (Wildman–Crippen MR) is 145 cm³/mol. The SMILES string of the molecule is O=C1C[C@H](c2ccco2)CC2=C1[C@H](c1ccc(Cl)cc1)N(C(=O)c1ccc(Cl)cc1)c1ccccc1N2. The number of amides is 1. The Hall–Kier alpha value is -3.80. The van der Waals surface area contributed by atoms with Gasteiger partial charge in [0.1, 0.15) is 5.76 Å². The van der Waals surface area contributed by atoms with Gasteiger partial charge in [0.2, 0.25) is 0 Å². The first kappa shape index (κ1) is 23.6. The van der Waals surface area contributed by atoms with E-state index < -0.39 is 6.04 Å². The molecule has 2 heterocycles. The fourth-order valence-corrected chi connectivity index (χ4v) is 5.48. The molecule has 0 radical (unpaired) electrons. The Morgan fingerprint density at radius 3 is 2.27 bits per heavy atom. The molecule has 1 aliphatic carbocycles. The molecule has 1 aromatic heterocycles. The van der Waals surface area contributed by atoms with Crippen molar-refractivity contribution in [3.8, 4) is 0 Å². The van der Waals surface area contributed by atoms with Gasteiger partial charge in [0.05, 0.1) is 23.7 Å². The summed E-state index contributed by atoms with van der Waals surface area (Å²) in [6.07, 6.45) is 2.50. The van der Waals surface area contributed by atoms with Crippen molar-refractivity contribution < 1.29 is 14.0 Å². The zero-order valence-corrected chi connectivity index (χ0v) is 21.2. The highest BCUT2D eigenvalue weighted by Crippen LogP contribution is 2.48. The third kappa shape index (κ3) is 4.35. The van der Waals surface area contributed by atoms with Crippen molar-refractivity contribution in [3.63, 3.8) is 0 Å². The van der Waals surface area contributed by atoms with Crippen molar-refractivity contribution in [2.24, 2.45) is 0 Å². The Balaban J connectivity index is 1.57. The molecule has 6 rings (SSSR count). The molecule has 5 nitrogen and oxygen atoms in total. The number of carbonyl (C=O) groups excluding carboxylic acids is 2. The van der Waals surface area contributed by atoms with Gasteiger partial charge < -0.3 is 9.73 Å². The number of nitrogens with zero attached hydrogens (tertiary/aromatic N) is 1. The number of fused-ring (bicyclic) bond motifs is 1. The Morgan fingerprint density at radius 1 is 0.865 bits per heavy atom. The maximum atomic E-state index is 14.2. The average molecular weight is 529 g/mol. The Bertz CT molecular complexity index is 1510. The topological polar surface area (TPSA) is 62.6 Å².